The Balaban J connectivity index is 3.37. The lowest BCUT2D eigenvalue weighted by atomic mass is 9.89. The Morgan fingerprint density at radius 2 is 1.20 bits per heavy atom. The summed E-state index contributed by atoms with van der Waals surface area (Å²) in [7, 11) is 0. The van der Waals surface area contributed by atoms with Crippen molar-refractivity contribution in [2.24, 2.45) is 11.5 Å². The smallest absolute Gasteiger partial charge is 0.248 e. The number of carbonyl (C=O) groups is 2. The maximum Gasteiger partial charge on any atom is 0.248 e. The lowest BCUT2D eigenvalue weighted by Crippen LogP contribution is -2.20. The van der Waals surface area contributed by atoms with Crippen molar-refractivity contribution in [3.8, 4) is 0 Å². The van der Waals surface area contributed by atoms with Crippen LogP contribution in [-0.2, 0) is 12.8 Å². The quantitative estimate of drug-likeness (QED) is 0.523. The van der Waals surface area contributed by atoms with Crippen LogP contribution in [0.15, 0.2) is 12.1 Å². The number of hydrogen-bond donors (Lipinski definition) is 4. The molecular weight excluding hydrogens is 260 g/mol. The molecule has 1 aromatic carbocycles. The fourth-order valence-corrected chi connectivity index (χ4v) is 2.24. The third-order valence-electron chi connectivity index (χ3n) is 3.13. The number of amides is 2. The van der Waals surface area contributed by atoms with Crippen molar-refractivity contribution in [3.63, 3.8) is 0 Å². The van der Waals surface area contributed by atoms with Crippen molar-refractivity contribution >= 4 is 11.8 Å². The van der Waals surface area contributed by atoms with Gasteiger partial charge in [-0.25, -0.2) is 0 Å². The minimum atomic E-state index is -0.584. The van der Waals surface area contributed by atoms with Gasteiger partial charge in [0.05, 0.1) is 0 Å². The highest BCUT2D eigenvalue weighted by atomic mass is 16.3. The van der Waals surface area contributed by atoms with Gasteiger partial charge >= 0.3 is 0 Å². The van der Waals surface area contributed by atoms with Gasteiger partial charge in [-0.2, -0.15) is 0 Å². The Kier molecular flexibility index (Phi) is 6.14. The molecule has 0 aromatic heterocycles. The Bertz CT molecular complexity index is 455. The highest BCUT2D eigenvalue weighted by Crippen LogP contribution is 2.22. The van der Waals surface area contributed by atoms with Crippen molar-refractivity contribution in [2.75, 3.05) is 13.2 Å². The highest BCUT2D eigenvalue weighted by molar-refractivity contribution is 5.99. The fourth-order valence-electron chi connectivity index (χ4n) is 2.24. The third kappa shape index (κ3) is 3.79. The van der Waals surface area contributed by atoms with Crippen LogP contribution in [0.3, 0.4) is 0 Å². The Hall–Kier alpha value is -1.92. The molecule has 2 amide bonds. The van der Waals surface area contributed by atoms with Crippen molar-refractivity contribution < 1.29 is 19.8 Å². The van der Waals surface area contributed by atoms with E-state index in [1.165, 1.54) is 12.1 Å². The molecule has 0 fully saturated rings. The van der Waals surface area contributed by atoms with E-state index < -0.39 is 11.8 Å². The second-order valence-corrected chi connectivity index (χ2v) is 4.50. The van der Waals surface area contributed by atoms with Gasteiger partial charge in [-0.3, -0.25) is 9.59 Å². The van der Waals surface area contributed by atoms with E-state index in [0.717, 1.165) is 0 Å². The average Bonchev–Trinajstić information content (AvgIpc) is 2.41. The number of carbonyl (C=O) groups excluding carboxylic acids is 2. The van der Waals surface area contributed by atoms with Gasteiger partial charge in [-0.05, 0) is 48.9 Å². The molecule has 1 rings (SSSR count). The zero-order valence-corrected chi connectivity index (χ0v) is 11.3. The van der Waals surface area contributed by atoms with Crippen LogP contribution >= 0.6 is 0 Å². The molecule has 20 heavy (non-hydrogen) atoms. The number of primary amides is 2. The summed E-state index contributed by atoms with van der Waals surface area (Å²) in [4.78, 5) is 23.0. The molecule has 0 aliphatic rings. The number of hydrogen-bond acceptors (Lipinski definition) is 4. The zero-order valence-electron chi connectivity index (χ0n) is 11.3. The second-order valence-electron chi connectivity index (χ2n) is 4.50. The Labute approximate surface area is 117 Å². The van der Waals surface area contributed by atoms with Crippen LogP contribution in [0.5, 0.6) is 0 Å². The summed E-state index contributed by atoms with van der Waals surface area (Å²) in [6.07, 6.45) is 1.76. The largest absolute Gasteiger partial charge is 0.396 e. The van der Waals surface area contributed by atoms with Gasteiger partial charge in [0.1, 0.15) is 0 Å². The van der Waals surface area contributed by atoms with Crippen molar-refractivity contribution in [3.05, 3.63) is 34.4 Å². The van der Waals surface area contributed by atoms with E-state index in [1.807, 2.05) is 0 Å². The first-order valence-corrected chi connectivity index (χ1v) is 6.49. The third-order valence-corrected chi connectivity index (χ3v) is 3.13. The predicted molar refractivity (Wildman–Crippen MR) is 74.3 cm³/mol. The molecule has 0 aliphatic carbocycles. The molecular formula is C14H20N2O4. The topological polar surface area (TPSA) is 127 Å². The maximum absolute atomic E-state index is 11.5. The molecule has 0 heterocycles. The van der Waals surface area contributed by atoms with Crippen LogP contribution < -0.4 is 11.5 Å². The van der Waals surface area contributed by atoms with Crippen LogP contribution in [0.1, 0.15) is 44.7 Å². The van der Waals surface area contributed by atoms with Crippen LogP contribution in [0.25, 0.3) is 0 Å². The molecule has 110 valence electrons. The van der Waals surface area contributed by atoms with Crippen molar-refractivity contribution in [2.45, 2.75) is 25.7 Å². The first-order valence-electron chi connectivity index (χ1n) is 6.49. The van der Waals surface area contributed by atoms with Gasteiger partial charge in [0.25, 0.3) is 0 Å². The monoisotopic (exact) mass is 280 g/mol. The molecule has 0 radical (unpaired) electrons. The summed E-state index contributed by atoms with van der Waals surface area (Å²) in [5.74, 6) is -1.17. The molecule has 0 atom stereocenters. The molecule has 0 aliphatic heterocycles. The summed E-state index contributed by atoms with van der Waals surface area (Å²) in [6.45, 7) is -0.0586. The minimum absolute atomic E-state index is 0.0293. The van der Waals surface area contributed by atoms with Crippen LogP contribution in [0.4, 0.5) is 0 Å². The summed E-state index contributed by atoms with van der Waals surface area (Å²) >= 11 is 0. The number of rotatable bonds is 8. The SMILES string of the molecule is NC(=O)c1ccc(C(N)=O)c(CCCO)c1CCCO. The van der Waals surface area contributed by atoms with E-state index >= 15 is 0 Å². The average molecular weight is 280 g/mol. The lowest BCUT2D eigenvalue weighted by Gasteiger charge is -2.16. The number of aliphatic hydroxyl groups excluding tert-OH is 2. The molecule has 6 nitrogen and oxygen atoms in total. The molecule has 0 unspecified atom stereocenters. The molecule has 0 spiro atoms. The van der Waals surface area contributed by atoms with Crippen LogP contribution in [-0.4, -0.2) is 35.2 Å². The van der Waals surface area contributed by atoms with E-state index in [-0.39, 0.29) is 13.2 Å². The van der Waals surface area contributed by atoms with Crippen LogP contribution in [0, 0.1) is 0 Å². The predicted octanol–water partition coefficient (Wildman–Crippen LogP) is -0.266. The molecule has 0 saturated carbocycles. The van der Waals surface area contributed by atoms with Crippen molar-refractivity contribution in [1.29, 1.82) is 0 Å². The normalized spacial score (nSPS) is 10.5. The van der Waals surface area contributed by atoms with Gasteiger partial charge in [-0.15, -0.1) is 0 Å². The molecule has 6 N–H and O–H groups in total. The fraction of sp³-hybridized carbons (Fsp3) is 0.429. The van der Waals surface area contributed by atoms with Gasteiger partial charge in [0.2, 0.25) is 11.8 Å². The van der Waals surface area contributed by atoms with E-state index in [2.05, 4.69) is 0 Å². The van der Waals surface area contributed by atoms with E-state index in [1.54, 1.807) is 0 Å². The summed E-state index contributed by atoms with van der Waals surface area (Å²) < 4.78 is 0. The molecule has 0 bridgehead atoms. The van der Waals surface area contributed by atoms with E-state index in [0.29, 0.717) is 47.9 Å². The minimum Gasteiger partial charge on any atom is -0.396 e. The lowest BCUT2D eigenvalue weighted by molar-refractivity contribution is 0.0986. The van der Waals surface area contributed by atoms with Gasteiger partial charge in [-0.1, -0.05) is 0 Å². The number of benzene rings is 1. The second kappa shape index (κ2) is 7.62. The first-order chi connectivity index (χ1) is 9.52. The number of aliphatic hydroxyl groups is 2. The molecule has 1 aromatic rings. The van der Waals surface area contributed by atoms with E-state index in [9.17, 15) is 9.59 Å². The molecule has 6 heteroatoms. The maximum atomic E-state index is 11.5. The summed E-state index contributed by atoms with van der Waals surface area (Å²) in [5.41, 5.74) is 12.6. The number of nitrogens with two attached hydrogens (primary N) is 2. The molecule has 0 saturated heterocycles. The van der Waals surface area contributed by atoms with Gasteiger partial charge in [0, 0.05) is 24.3 Å². The summed E-state index contributed by atoms with van der Waals surface area (Å²) in [6, 6.07) is 2.97. The standard InChI is InChI=1S/C14H20N2O4/c15-13(19)11-5-6-12(14(16)20)10(4-2-8-18)9(11)3-1-7-17/h5-6,17-18H,1-4,7-8H2,(H2,15,19)(H2,16,20). The Morgan fingerprint density at radius 3 is 1.45 bits per heavy atom. The summed E-state index contributed by atoms with van der Waals surface area (Å²) in [5, 5.41) is 17.9. The highest BCUT2D eigenvalue weighted by Gasteiger charge is 2.18. The first kappa shape index (κ1) is 16.1. The Morgan fingerprint density at radius 1 is 0.850 bits per heavy atom. The van der Waals surface area contributed by atoms with E-state index in [4.69, 9.17) is 21.7 Å². The van der Waals surface area contributed by atoms with Crippen LogP contribution in [0.2, 0.25) is 0 Å². The van der Waals surface area contributed by atoms with Gasteiger partial charge < -0.3 is 21.7 Å². The van der Waals surface area contributed by atoms with Gasteiger partial charge in [0.15, 0.2) is 0 Å². The zero-order chi connectivity index (χ0) is 15.1. The van der Waals surface area contributed by atoms with Crippen molar-refractivity contribution in [1.82, 2.24) is 0 Å².